The van der Waals surface area contributed by atoms with Crippen molar-refractivity contribution in [2.24, 2.45) is 5.41 Å². The van der Waals surface area contributed by atoms with Gasteiger partial charge in [0, 0.05) is 17.5 Å². The predicted octanol–water partition coefficient (Wildman–Crippen LogP) is 1.81. The molecular formula is C14H17NO2. The minimum Gasteiger partial charge on any atom is -0.384 e. The largest absolute Gasteiger partial charge is 0.384 e. The lowest BCUT2D eigenvalue weighted by Gasteiger charge is -2.55. The summed E-state index contributed by atoms with van der Waals surface area (Å²) >= 11 is 0. The van der Waals surface area contributed by atoms with Gasteiger partial charge in [-0.15, -0.1) is 0 Å². The minimum absolute atomic E-state index is 0.0590. The van der Waals surface area contributed by atoms with Gasteiger partial charge in [-0.2, -0.15) is 0 Å². The number of carbonyl (C=O) groups excluding carboxylic acids is 1. The molecule has 2 atom stereocenters. The highest BCUT2D eigenvalue weighted by molar-refractivity contribution is 5.96. The topological polar surface area (TPSA) is 49.3 Å². The zero-order chi connectivity index (χ0) is 12.1. The third-order valence-corrected chi connectivity index (χ3v) is 4.72. The van der Waals surface area contributed by atoms with E-state index in [4.69, 9.17) is 0 Å². The van der Waals surface area contributed by atoms with Gasteiger partial charge in [0.05, 0.1) is 5.60 Å². The zero-order valence-corrected chi connectivity index (χ0v) is 9.99. The van der Waals surface area contributed by atoms with Crippen LogP contribution in [-0.4, -0.2) is 17.6 Å². The van der Waals surface area contributed by atoms with Gasteiger partial charge in [-0.25, -0.2) is 0 Å². The van der Waals surface area contributed by atoms with Gasteiger partial charge < -0.3 is 10.4 Å². The molecule has 2 N–H and O–H groups in total. The fourth-order valence-electron chi connectivity index (χ4n) is 3.35. The molecule has 17 heavy (non-hydrogen) atoms. The van der Waals surface area contributed by atoms with E-state index in [0.29, 0.717) is 12.1 Å². The molecular weight excluding hydrogens is 214 g/mol. The molecule has 90 valence electrons. The Kier molecular flexibility index (Phi) is 2.11. The Morgan fingerprint density at radius 1 is 1.35 bits per heavy atom. The molecule has 1 saturated carbocycles. The first kappa shape index (κ1) is 10.8. The number of rotatable bonds is 1. The Balaban J connectivity index is 2.21. The van der Waals surface area contributed by atoms with Crippen LogP contribution in [0.25, 0.3) is 0 Å². The number of benzene rings is 1. The fraction of sp³-hybridized carbons (Fsp3) is 0.500. The van der Waals surface area contributed by atoms with Crippen LogP contribution in [0.15, 0.2) is 24.3 Å². The molecule has 1 amide bonds. The SMILES string of the molecule is CCC12CCC1(O)c1ccccc1C(=O)NC2. The van der Waals surface area contributed by atoms with Gasteiger partial charge in [-0.3, -0.25) is 4.79 Å². The molecule has 0 aromatic heterocycles. The van der Waals surface area contributed by atoms with E-state index in [0.717, 1.165) is 24.8 Å². The van der Waals surface area contributed by atoms with Crippen LogP contribution in [0.3, 0.4) is 0 Å². The number of aliphatic hydroxyl groups is 1. The van der Waals surface area contributed by atoms with Gasteiger partial charge in [0.1, 0.15) is 0 Å². The highest BCUT2D eigenvalue weighted by atomic mass is 16.3. The summed E-state index contributed by atoms with van der Waals surface area (Å²) in [5, 5.41) is 13.9. The van der Waals surface area contributed by atoms with Crippen molar-refractivity contribution in [2.75, 3.05) is 6.54 Å². The van der Waals surface area contributed by atoms with Crippen molar-refractivity contribution in [2.45, 2.75) is 31.8 Å². The van der Waals surface area contributed by atoms with Crippen LogP contribution >= 0.6 is 0 Å². The number of fused-ring (bicyclic) bond motifs is 3. The van der Waals surface area contributed by atoms with Crippen molar-refractivity contribution in [1.29, 1.82) is 0 Å². The molecule has 3 heteroatoms. The molecule has 2 unspecified atom stereocenters. The molecule has 0 spiro atoms. The van der Waals surface area contributed by atoms with Crippen LogP contribution in [0.1, 0.15) is 42.1 Å². The van der Waals surface area contributed by atoms with E-state index >= 15 is 0 Å². The minimum atomic E-state index is -0.822. The Bertz CT molecular complexity index is 481. The maximum absolute atomic E-state index is 12.0. The summed E-state index contributed by atoms with van der Waals surface area (Å²) in [4.78, 5) is 12.0. The summed E-state index contributed by atoms with van der Waals surface area (Å²) in [5.74, 6) is -0.0590. The van der Waals surface area contributed by atoms with Gasteiger partial charge in [0.2, 0.25) is 0 Å². The number of carbonyl (C=O) groups is 1. The second-order valence-electron chi connectivity index (χ2n) is 5.22. The summed E-state index contributed by atoms with van der Waals surface area (Å²) in [6.07, 6.45) is 2.62. The van der Waals surface area contributed by atoms with E-state index in [9.17, 15) is 9.90 Å². The van der Waals surface area contributed by atoms with E-state index in [2.05, 4.69) is 12.2 Å². The fourth-order valence-corrected chi connectivity index (χ4v) is 3.35. The first-order valence-corrected chi connectivity index (χ1v) is 6.23. The third kappa shape index (κ3) is 1.18. The molecule has 1 fully saturated rings. The number of nitrogens with one attached hydrogen (secondary N) is 1. The molecule has 0 radical (unpaired) electrons. The van der Waals surface area contributed by atoms with Gasteiger partial charge in [0.15, 0.2) is 0 Å². The van der Waals surface area contributed by atoms with E-state index in [1.165, 1.54) is 0 Å². The highest BCUT2D eigenvalue weighted by Gasteiger charge is 2.59. The number of hydrogen-bond acceptors (Lipinski definition) is 2. The van der Waals surface area contributed by atoms with Crippen molar-refractivity contribution >= 4 is 5.91 Å². The summed E-state index contributed by atoms with van der Waals surface area (Å²) in [6, 6.07) is 7.43. The summed E-state index contributed by atoms with van der Waals surface area (Å²) < 4.78 is 0. The van der Waals surface area contributed by atoms with Crippen LogP contribution in [0.2, 0.25) is 0 Å². The number of amides is 1. The second-order valence-corrected chi connectivity index (χ2v) is 5.22. The molecule has 0 saturated heterocycles. The number of hydrogen-bond donors (Lipinski definition) is 2. The summed E-state index contributed by atoms with van der Waals surface area (Å²) in [7, 11) is 0. The Morgan fingerprint density at radius 2 is 2.12 bits per heavy atom. The Hall–Kier alpha value is -1.35. The van der Waals surface area contributed by atoms with E-state index in [1.807, 2.05) is 18.2 Å². The standard InChI is InChI=1S/C14H17NO2/c1-2-13-7-8-14(13,17)11-6-4-3-5-10(11)12(16)15-9-13/h3-6,17H,2,7-9H2,1H3,(H,15,16). The van der Waals surface area contributed by atoms with Crippen LogP contribution in [0.4, 0.5) is 0 Å². The van der Waals surface area contributed by atoms with E-state index in [-0.39, 0.29) is 11.3 Å². The van der Waals surface area contributed by atoms with Gasteiger partial charge in [-0.1, -0.05) is 25.1 Å². The van der Waals surface area contributed by atoms with Crippen molar-refractivity contribution in [3.8, 4) is 0 Å². The first-order chi connectivity index (χ1) is 8.13. The van der Waals surface area contributed by atoms with E-state index in [1.54, 1.807) is 6.07 Å². The Morgan fingerprint density at radius 3 is 2.76 bits per heavy atom. The van der Waals surface area contributed by atoms with Crippen molar-refractivity contribution in [3.63, 3.8) is 0 Å². The lowest BCUT2D eigenvalue weighted by Crippen LogP contribution is -2.57. The van der Waals surface area contributed by atoms with Gasteiger partial charge >= 0.3 is 0 Å². The molecule has 3 nitrogen and oxygen atoms in total. The normalized spacial score (nSPS) is 35.1. The van der Waals surface area contributed by atoms with Gasteiger partial charge in [0.25, 0.3) is 5.91 Å². The second kappa shape index (κ2) is 3.33. The molecule has 1 aromatic carbocycles. The van der Waals surface area contributed by atoms with Crippen LogP contribution in [0, 0.1) is 5.41 Å². The molecule has 1 heterocycles. The molecule has 1 aliphatic heterocycles. The monoisotopic (exact) mass is 231 g/mol. The zero-order valence-electron chi connectivity index (χ0n) is 9.99. The van der Waals surface area contributed by atoms with Crippen LogP contribution < -0.4 is 5.32 Å². The molecule has 0 bridgehead atoms. The van der Waals surface area contributed by atoms with Crippen molar-refractivity contribution < 1.29 is 9.90 Å². The van der Waals surface area contributed by atoms with Crippen molar-refractivity contribution in [3.05, 3.63) is 35.4 Å². The predicted molar refractivity (Wildman–Crippen MR) is 64.6 cm³/mol. The third-order valence-electron chi connectivity index (χ3n) is 4.72. The maximum Gasteiger partial charge on any atom is 0.251 e. The maximum atomic E-state index is 12.0. The smallest absolute Gasteiger partial charge is 0.251 e. The molecule has 1 aliphatic carbocycles. The lowest BCUT2D eigenvalue weighted by molar-refractivity contribution is -0.173. The Labute approximate surface area is 101 Å². The molecule has 2 aliphatic rings. The lowest BCUT2D eigenvalue weighted by atomic mass is 9.53. The average Bonchev–Trinajstić information content (AvgIpc) is 2.41. The van der Waals surface area contributed by atoms with Crippen LogP contribution in [0.5, 0.6) is 0 Å². The molecule has 1 aromatic rings. The average molecular weight is 231 g/mol. The summed E-state index contributed by atoms with van der Waals surface area (Å²) in [5.41, 5.74) is 0.445. The molecule has 3 rings (SSSR count). The highest BCUT2D eigenvalue weighted by Crippen LogP contribution is 2.59. The van der Waals surface area contributed by atoms with E-state index < -0.39 is 5.60 Å². The summed E-state index contributed by atoms with van der Waals surface area (Å²) in [6.45, 7) is 2.66. The quantitative estimate of drug-likeness (QED) is 0.774. The van der Waals surface area contributed by atoms with Gasteiger partial charge in [-0.05, 0) is 30.9 Å². The first-order valence-electron chi connectivity index (χ1n) is 6.23. The van der Waals surface area contributed by atoms with Crippen LogP contribution in [-0.2, 0) is 5.60 Å². The van der Waals surface area contributed by atoms with Crippen molar-refractivity contribution in [1.82, 2.24) is 5.32 Å².